The minimum Gasteiger partial charge on any atom is -0.733 e. The van der Waals surface area contributed by atoms with Crippen molar-refractivity contribution in [2.24, 2.45) is 0 Å². The second-order valence-corrected chi connectivity index (χ2v) is 8.40. The van der Waals surface area contributed by atoms with E-state index >= 15 is 0 Å². The van der Waals surface area contributed by atoms with Crippen LogP contribution >= 0.6 is 0 Å². The molecule has 15 heteroatoms. The topological polar surface area (TPSA) is 172 Å². The van der Waals surface area contributed by atoms with Gasteiger partial charge in [-0.25, -0.2) is 18.3 Å². The fourth-order valence-corrected chi connectivity index (χ4v) is 3.65. The highest BCUT2D eigenvalue weighted by molar-refractivity contribution is 7.91. The number of ether oxygens (including phenoxy) is 1. The lowest BCUT2D eigenvalue weighted by molar-refractivity contribution is 0.102. The molecule has 0 fully saturated rings. The molecule has 0 saturated heterocycles. The zero-order valence-corrected chi connectivity index (χ0v) is 19.1. The van der Waals surface area contributed by atoms with Crippen molar-refractivity contribution < 1.29 is 36.7 Å². The summed E-state index contributed by atoms with van der Waals surface area (Å²) in [4.78, 5) is 24.7. The number of carbonyl (C=O) groups excluding carboxylic acids is 2. The van der Waals surface area contributed by atoms with Crippen LogP contribution in [0.25, 0.3) is 0 Å². The predicted octanol–water partition coefficient (Wildman–Crippen LogP) is 3.40. The number of carbonyl (C=O) groups is 2. The molecule has 0 radical (unpaired) electrons. The van der Waals surface area contributed by atoms with E-state index in [4.69, 9.17) is 9.94 Å². The van der Waals surface area contributed by atoms with E-state index in [-0.39, 0.29) is 34.1 Å². The minimum atomic E-state index is -4.56. The van der Waals surface area contributed by atoms with Gasteiger partial charge in [-0.15, -0.1) is 0 Å². The van der Waals surface area contributed by atoms with Crippen molar-refractivity contribution in [2.45, 2.75) is 0 Å². The van der Waals surface area contributed by atoms with E-state index in [0.717, 1.165) is 30.3 Å². The highest BCUT2D eigenvalue weighted by Gasteiger charge is 2.19. The molecule has 12 nitrogen and oxygen atoms in total. The number of nitrogens with zero attached hydrogens (tertiary/aromatic N) is 1. The maximum Gasteiger partial charge on any atom is 0.334 e. The summed E-state index contributed by atoms with van der Waals surface area (Å²) in [6.45, 7) is 0. The molecule has 190 valence electrons. The van der Waals surface area contributed by atoms with Crippen LogP contribution in [0, 0.1) is 16.8 Å². The Kier molecular flexibility index (Phi) is 7.88. The molecule has 0 aliphatic heterocycles. The van der Waals surface area contributed by atoms with Crippen LogP contribution in [-0.2, 0) is 10.2 Å². The normalized spacial score (nSPS) is 10.8. The standard InChI is InChI=1S/C21H18F2N5O7S/c1-35-19-8-5-12(20(29)24-14-6-7-16(22)17(23)11-14)9-18(19)26-36(33,34)27-21(30)25-13-3-2-4-15(10-13)28(31)32/h2-11,26,31H,1H3,(H,24,29)(H2,25,27,30)/q-1. The molecule has 5 N–H and O–H groups in total. The summed E-state index contributed by atoms with van der Waals surface area (Å²) in [5.74, 6) is -3.05. The molecular formula is C21H18F2N5O7S-. The molecule has 3 aromatic rings. The van der Waals surface area contributed by atoms with Crippen LogP contribution in [0.1, 0.15) is 10.4 Å². The second-order valence-electron chi connectivity index (χ2n) is 6.98. The van der Waals surface area contributed by atoms with Crippen molar-refractivity contribution in [1.29, 1.82) is 0 Å². The molecular weight excluding hydrogens is 504 g/mol. The number of hydrogen-bond donors (Lipinski definition) is 5. The van der Waals surface area contributed by atoms with Crippen molar-refractivity contribution in [3.05, 3.63) is 83.1 Å². The van der Waals surface area contributed by atoms with Gasteiger partial charge < -0.3 is 25.8 Å². The van der Waals surface area contributed by atoms with E-state index in [1.165, 1.54) is 37.4 Å². The monoisotopic (exact) mass is 522 g/mol. The maximum absolute atomic E-state index is 13.4. The SMILES string of the molecule is COc1ccc(C(=O)Nc2ccc(F)c(F)c2)cc1NS(=O)(=O)NC(=O)Nc1cccc(N([O-])O)c1. The Hall–Kier alpha value is -4.47. The van der Waals surface area contributed by atoms with Crippen molar-refractivity contribution >= 4 is 44.9 Å². The highest BCUT2D eigenvalue weighted by Crippen LogP contribution is 2.27. The number of amides is 3. The minimum absolute atomic E-state index is 0.00331. The Balaban J connectivity index is 1.73. The van der Waals surface area contributed by atoms with Gasteiger partial charge in [-0.05, 0) is 48.5 Å². The van der Waals surface area contributed by atoms with E-state index in [1.807, 2.05) is 4.72 Å². The van der Waals surface area contributed by atoms with Gasteiger partial charge in [0.2, 0.25) is 0 Å². The fourth-order valence-electron chi connectivity index (χ4n) is 2.86. The third-order valence-corrected chi connectivity index (χ3v) is 5.38. The number of rotatable bonds is 8. The Morgan fingerprint density at radius 1 is 0.972 bits per heavy atom. The zero-order chi connectivity index (χ0) is 26.5. The molecule has 0 atom stereocenters. The summed E-state index contributed by atoms with van der Waals surface area (Å²) >= 11 is 0. The number of halogens is 2. The molecule has 0 aromatic heterocycles. The predicted molar refractivity (Wildman–Crippen MR) is 126 cm³/mol. The molecule has 0 aliphatic rings. The first-order valence-electron chi connectivity index (χ1n) is 9.79. The van der Waals surface area contributed by atoms with Gasteiger partial charge >= 0.3 is 16.2 Å². The molecule has 0 spiro atoms. The first kappa shape index (κ1) is 26.1. The van der Waals surface area contributed by atoms with Crippen LogP contribution < -0.4 is 30.0 Å². The Labute approximate surface area is 203 Å². The lowest BCUT2D eigenvalue weighted by Crippen LogP contribution is -2.38. The molecule has 3 rings (SSSR count). The summed E-state index contributed by atoms with van der Waals surface area (Å²) in [5, 5.41) is 23.9. The van der Waals surface area contributed by atoms with E-state index < -0.39 is 39.0 Å². The van der Waals surface area contributed by atoms with Gasteiger partial charge in [0, 0.05) is 23.0 Å². The summed E-state index contributed by atoms with van der Waals surface area (Å²) in [7, 11) is -3.32. The van der Waals surface area contributed by atoms with Gasteiger partial charge in [-0.3, -0.25) is 14.7 Å². The number of urea groups is 1. The van der Waals surface area contributed by atoms with Gasteiger partial charge in [-0.1, -0.05) is 6.07 Å². The largest absolute Gasteiger partial charge is 0.733 e. The molecule has 36 heavy (non-hydrogen) atoms. The molecule has 0 unspecified atom stereocenters. The third-order valence-electron chi connectivity index (χ3n) is 4.44. The lowest BCUT2D eigenvalue weighted by Gasteiger charge is -2.22. The maximum atomic E-state index is 13.4. The number of methoxy groups -OCH3 is 1. The molecule has 0 heterocycles. The quantitative estimate of drug-likeness (QED) is 0.280. The summed E-state index contributed by atoms with van der Waals surface area (Å²) in [6.07, 6.45) is 0. The zero-order valence-electron chi connectivity index (χ0n) is 18.3. The van der Waals surface area contributed by atoms with Gasteiger partial charge in [0.15, 0.2) is 11.6 Å². The molecule has 3 aromatic carbocycles. The number of benzene rings is 3. The summed E-state index contributed by atoms with van der Waals surface area (Å²) in [5.41, 5.74) is -0.549. The Morgan fingerprint density at radius 2 is 1.69 bits per heavy atom. The molecule has 3 amide bonds. The fraction of sp³-hybridized carbons (Fsp3) is 0.0476. The van der Waals surface area contributed by atoms with E-state index in [9.17, 15) is 32.0 Å². The van der Waals surface area contributed by atoms with Crippen LogP contribution in [0.3, 0.4) is 0 Å². The molecule has 0 aliphatic carbocycles. The van der Waals surface area contributed by atoms with Gasteiger partial charge in [-0.2, -0.15) is 8.42 Å². The average molecular weight is 522 g/mol. The number of nitrogens with one attached hydrogen (secondary N) is 4. The van der Waals surface area contributed by atoms with Gasteiger partial charge in [0.25, 0.3) is 5.91 Å². The van der Waals surface area contributed by atoms with Crippen molar-refractivity contribution in [3.8, 4) is 5.75 Å². The number of hydrogen-bond acceptors (Lipinski definition) is 8. The van der Waals surface area contributed by atoms with Crippen molar-refractivity contribution in [3.63, 3.8) is 0 Å². The first-order chi connectivity index (χ1) is 17.0. The van der Waals surface area contributed by atoms with Crippen LogP contribution in [-0.4, -0.2) is 32.7 Å². The van der Waals surface area contributed by atoms with E-state index in [1.54, 1.807) is 4.72 Å². The van der Waals surface area contributed by atoms with Crippen LogP contribution in [0.4, 0.5) is 36.3 Å². The Bertz CT molecular complexity index is 1400. The third kappa shape index (κ3) is 6.78. The van der Waals surface area contributed by atoms with E-state index in [0.29, 0.717) is 0 Å². The van der Waals surface area contributed by atoms with Crippen molar-refractivity contribution in [2.75, 3.05) is 27.7 Å². The first-order valence-corrected chi connectivity index (χ1v) is 11.3. The van der Waals surface area contributed by atoms with Gasteiger partial charge in [0.05, 0.1) is 18.5 Å². The van der Waals surface area contributed by atoms with Gasteiger partial charge in [0.1, 0.15) is 5.75 Å². The van der Waals surface area contributed by atoms with E-state index in [2.05, 4.69) is 10.6 Å². The smallest absolute Gasteiger partial charge is 0.334 e. The average Bonchev–Trinajstić information content (AvgIpc) is 2.80. The number of anilines is 4. The molecule has 0 bridgehead atoms. The molecule has 0 saturated carbocycles. The van der Waals surface area contributed by atoms with Crippen LogP contribution in [0.15, 0.2) is 60.7 Å². The highest BCUT2D eigenvalue weighted by atomic mass is 32.2. The summed E-state index contributed by atoms with van der Waals surface area (Å²) in [6, 6.07) is 10.2. The second kappa shape index (κ2) is 10.9. The van der Waals surface area contributed by atoms with Crippen LogP contribution in [0.5, 0.6) is 5.75 Å². The lowest BCUT2D eigenvalue weighted by atomic mass is 10.1. The van der Waals surface area contributed by atoms with Crippen LogP contribution in [0.2, 0.25) is 0 Å². The Morgan fingerprint density at radius 3 is 2.36 bits per heavy atom. The summed E-state index contributed by atoms with van der Waals surface area (Å²) < 4.78 is 60.2. The van der Waals surface area contributed by atoms with Crippen molar-refractivity contribution in [1.82, 2.24) is 4.72 Å².